The van der Waals surface area contributed by atoms with Gasteiger partial charge in [-0.25, -0.2) is 4.39 Å². The van der Waals surface area contributed by atoms with Crippen LogP contribution in [0.25, 0.3) is 0 Å². The smallest absolute Gasteiger partial charge is 0.167 e. The molecule has 0 heterocycles. The highest BCUT2D eigenvalue weighted by Gasteiger charge is 2.11. The minimum Gasteiger partial charge on any atom is -0.454 e. The minimum atomic E-state index is -0.510. The Bertz CT molecular complexity index is 632. The summed E-state index contributed by atoms with van der Waals surface area (Å²) in [6, 6.07) is 7.89. The topological polar surface area (TPSA) is 21.3 Å². The molecule has 2 aromatic carbocycles. The predicted molar refractivity (Wildman–Crippen MR) is 80.4 cm³/mol. The predicted octanol–water partition coefficient (Wildman–Crippen LogP) is 4.95. The average molecular weight is 314 g/mol. The van der Waals surface area contributed by atoms with Crippen molar-refractivity contribution in [3.63, 3.8) is 0 Å². The molecule has 0 saturated heterocycles. The molecular weight excluding hydrogens is 300 g/mol. The largest absolute Gasteiger partial charge is 0.454 e. The molecule has 5 heteroatoms. The van der Waals surface area contributed by atoms with Gasteiger partial charge in [0.25, 0.3) is 0 Å². The molecule has 20 heavy (non-hydrogen) atoms. The quantitative estimate of drug-likeness (QED) is 0.862. The summed E-state index contributed by atoms with van der Waals surface area (Å²) < 4.78 is 19.4. The Morgan fingerprint density at radius 3 is 2.55 bits per heavy atom. The Morgan fingerprint density at radius 2 is 1.90 bits per heavy atom. The Kier molecular flexibility index (Phi) is 4.86. The highest BCUT2D eigenvalue weighted by atomic mass is 35.5. The van der Waals surface area contributed by atoms with E-state index in [1.165, 1.54) is 12.1 Å². The second-order valence-electron chi connectivity index (χ2n) is 4.42. The minimum absolute atomic E-state index is 0.117. The van der Waals surface area contributed by atoms with Crippen molar-refractivity contribution in [1.29, 1.82) is 0 Å². The van der Waals surface area contributed by atoms with Crippen molar-refractivity contribution >= 4 is 23.2 Å². The molecule has 0 aliphatic rings. The van der Waals surface area contributed by atoms with Gasteiger partial charge in [-0.3, -0.25) is 0 Å². The summed E-state index contributed by atoms with van der Waals surface area (Å²) in [6.45, 7) is 2.51. The summed E-state index contributed by atoms with van der Waals surface area (Å²) in [5.41, 5.74) is 1.85. The van der Waals surface area contributed by atoms with Crippen LogP contribution < -0.4 is 10.1 Å². The first-order valence-electron chi connectivity index (χ1n) is 6.08. The lowest BCUT2D eigenvalue weighted by Crippen LogP contribution is -2.07. The van der Waals surface area contributed by atoms with Crippen LogP contribution in [0.5, 0.6) is 11.5 Å². The fraction of sp³-hybridized carbons (Fsp3) is 0.200. The third-order valence-corrected chi connectivity index (χ3v) is 3.47. The summed E-state index contributed by atoms with van der Waals surface area (Å²) in [6.07, 6.45) is 0. The van der Waals surface area contributed by atoms with E-state index in [-0.39, 0.29) is 5.75 Å². The fourth-order valence-corrected chi connectivity index (χ4v) is 2.14. The van der Waals surface area contributed by atoms with Crippen LogP contribution in [0.3, 0.4) is 0 Å². The van der Waals surface area contributed by atoms with Crippen LogP contribution in [0.1, 0.15) is 11.1 Å². The third-order valence-electron chi connectivity index (χ3n) is 2.82. The van der Waals surface area contributed by atoms with Crippen molar-refractivity contribution in [2.75, 3.05) is 7.05 Å². The monoisotopic (exact) mass is 313 g/mol. The van der Waals surface area contributed by atoms with E-state index in [9.17, 15) is 4.39 Å². The van der Waals surface area contributed by atoms with Crippen LogP contribution in [0.15, 0.2) is 30.3 Å². The van der Waals surface area contributed by atoms with Crippen LogP contribution >= 0.6 is 23.2 Å². The molecule has 2 aromatic rings. The molecule has 0 unspecified atom stereocenters. The molecule has 1 N–H and O–H groups in total. The summed E-state index contributed by atoms with van der Waals surface area (Å²) in [7, 11) is 1.83. The lowest BCUT2D eigenvalue weighted by atomic mass is 10.1. The molecule has 0 fully saturated rings. The molecule has 0 saturated carbocycles. The first-order chi connectivity index (χ1) is 9.51. The van der Waals surface area contributed by atoms with Crippen molar-refractivity contribution in [3.05, 3.63) is 57.3 Å². The zero-order valence-corrected chi connectivity index (χ0v) is 12.6. The van der Waals surface area contributed by atoms with Crippen LogP contribution in [0.2, 0.25) is 10.0 Å². The number of halogens is 3. The summed E-state index contributed by atoms with van der Waals surface area (Å²) in [4.78, 5) is 0. The second kappa shape index (κ2) is 6.44. The van der Waals surface area contributed by atoms with Gasteiger partial charge in [0.1, 0.15) is 5.75 Å². The maximum absolute atomic E-state index is 13.8. The Hall–Kier alpha value is -1.29. The van der Waals surface area contributed by atoms with Gasteiger partial charge in [0, 0.05) is 28.2 Å². The van der Waals surface area contributed by atoms with Gasteiger partial charge in [-0.05, 0) is 43.8 Å². The highest BCUT2D eigenvalue weighted by Crippen LogP contribution is 2.32. The fourth-order valence-electron chi connectivity index (χ4n) is 1.82. The molecule has 0 aliphatic heterocycles. The average Bonchev–Trinajstić information content (AvgIpc) is 2.39. The molecule has 0 radical (unpaired) electrons. The number of benzene rings is 2. The SMILES string of the molecule is CNCc1cc(C)c(Cl)cc1Oc1ccc(Cl)cc1F. The lowest BCUT2D eigenvalue weighted by molar-refractivity contribution is 0.436. The number of hydrogen-bond donors (Lipinski definition) is 1. The molecular formula is C15H14Cl2FNO. The maximum atomic E-state index is 13.8. The molecule has 106 valence electrons. The van der Waals surface area contributed by atoms with Gasteiger partial charge in [0.05, 0.1) is 0 Å². The molecule has 0 amide bonds. The third kappa shape index (κ3) is 3.42. The number of rotatable bonds is 4. The molecule has 0 bridgehead atoms. The Labute approximate surface area is 127 Å². The number of ether oxygens (including phenoxy) is 1. The first kappa shape index (κ1) is 15.1. The van der Waals surface area contributed by atoms with Crippen molar-refractivity contribution in [2.45, 2.75) is 13.5 Å². The van der Waals surface area contributed by atoms with Gasteiger partial charge >= 0.3 is 0 Å². The zero-order valence-electron chi connectivity index (χ0n) is 11.1. The van der Waals surface area contributed by atoms with Gasteiger partial charge in [0.15, 0.2) is 11.6 Å². The lowest BCUT2D eigenvalue weighted by Gasteiger charge is -2.13. The molecule has 0 aliphatic carbocycles. The number of hydrogen-bond acceptors (Lipinski definition) is 2. The van der Waals surface area contributed by atoms with Crippen molar-refractivity contribution < 1.29 is 9.13 Å². The summed E-state index contributed by atoms with van der Waals surface area (Å²) in [5.74, 6) is 0.132. The van der Waals surface area contributed by atoms with Gasteiger partial charge in [-0.2, -0.15) is 0 Å². The standard InChI is InChI=1S/C15H14Cl2FNO/c1-9-5-10(8-19-2)15(7-12(9)17)20-14-4-3-11(16)6-13(14)18/h3-7,19H,8H2,1-2H3. The molecule has 2 rings (SSSR count). The van der Waals surface area contributed by atoms with Crippen molar-refractivity contribution in [1.82, 2.24) is 5.32 Å². The van der Waals surface area contributed by atoms with Crippen LogP contribution in [0, 0.1) is 12.7 Å². The van der Waals surface area contributed by atoms with Gasteiger partial charge in [-0.1, -0.05) is 23.2 Å². The van der Waals surface area contributed by atoms with E-state index in [2.05, 4.69) is 5.32 Å². The van der Waals surface area contributed by atoms with Gasteiger partial charge in [0.2, 0.25) is 0 Å². The van der Waals surface area contributed by atoms with E-state index in [4.69, 9.17) is 27.9 Å². The van der Waals surface area contributed by atoms with Crippen molar-refractivity contribution in [3.8, 4) is 11.5 Å². The molecule has 2 nitrogen and oxygen atoms in total. The Balaban J connectivity index is 2.39. The Morgan fingerprint density at radius 1 is 1.15 bits per heavy atom. The summed E-state index contributed by atoms with van der Waals surface area (Å²) in [5, 5.41) is 3.95. The van der Waals surface area contributed by atoms with Gasteiger partial charge < -0.3 is 10.1 Å². The number of aryl methyl sites for hydroxylation is 1. The molecule has 0 aromatic heterocycles. The zero-order chi connectivity index (χ0) is 14.7. The highest BCUT2D eigenvalue weighted by molar-refractivity contribution is 6.31. The second-order valence-corrected chi connectivity index (χ2v) is 5.26. The number of nitrogens with one attached hydrogen (secondary N) is 1. The van der Waals surface area contributed by atoms with Crippen LogP contribution in [-0.2, 0) is 6.54 Å². The first-order valence-corrected chi connectivity index (χ1v) is 6.83. The van der Waals surface area contributed by atoms with E-state index >= 15 is 0 Å². The normalized spacial score (nSPS) is 10.7. The van der Waals surface area contributed by atoms with Crippen LogP contribution in [0.4, 0.5) is 4.39 Å². The molecule has 0 spiro atoms. The van der Waals surface area contributed by atoms with E-state index in [0.717, 1.165) is 11.1 Å². The van der Waals surface area contributed by atoms with Gasteiger partial charge in [-0.15, -0.1) is 0 Å². The maximum Gasteiger partial charge on any atom is 0.167 e. The van der Waals surface area contributed by atoms with E-state index in [0.29, 0.717) is 22.3 Å². The van der Waals surface area contributed by atoms with Crippen molar-refractivity contribution in [2.24, 2.45) is 0 Å². The van der Waals surface area contributed by atoms with E-state index in [1.54, 1.807) is 12.1 Å². The van der Waals surface area contributed by atoms with Crippen LogP contribution in [-0.4, -0.2) is 7.05 Å². The van der Waals surface area contributed by atoms with E-state index in [1.807, 2.05) is 20.0 Å². The summed E-state index contributed by atoms with van der Waals surface area (Å²) >= 11 is 11.8. The van der Waals surface area contributed by atoms with E-state index < -0.39 is 5.82 Å². The molecule has 0 atom stereocenters.